The van der Waals surface area contributed by atoms with Gasteiger partial charge < -0.3 is 9.47 Å². The van der Waals surface area contributed by atoms with Crippen LogP contribution in [-0.4, -0.2) is 26.9 Å². The number of hydrogen-bond acceptors (Lipinski definition) is 2. The Bertz CT molecular complexity index is 633. The number of hydrogen-bond donors (Lipinski definition) is 0. The van der Waals surface area contributed by atoms with Crippen LogP contribution in [0, 0.1) is 5.92 Å². The van der Waals surface area contributed by atoms with Crippen molar-refractivity contribution in [3.8, 4) is 0 Å². The van der Waals surface area contributed by atoms with Crippen LogP contribution in [0.5, 0.6) is 0 Å². The van der Waals surface area contributed by atoms with Crippen molar-refractivity contribution in [1.29, 1.82) is 0 Å². The van der Waals surface area contributed by atoms with Crippen LogP contribution in [0.3, 0.4) is 0 Å². The molecule has 0 spiro atoms. The van der Waals surface area contributed by atoms with Gasteiger partial charge in [0.05, 0.1) is 6.54 Å². The highest BCUT2D eigenvalue weighted by atomic mass is 16.2. The molecule has 1 unspecified atom stereocenters. The molecule has 0 aliphatic carbocycles. The maximum Gasteiger partial charge on any atom is 0.223 e. The van der Waals surface area contributed by atoms with E-state index >= 15 is 0 Å². The molecule has 1 aliphatic heterocycles. The predicted molar refractivity (Wildman–Crippen MR) is 86.3 cm³/mol. The van der Waals surface area contributed by atoms with Crippen molar-refractivity contribution in [2.24, 2.45) is 5.92 Å². The molecule has 1 aromatic heterocycles. The number of imidazole rings is 1. The normalized spacial score (nSPS) is 18.4. The zero-order valence-electron chi connectivity index (χ0n) is 13.3. The van der Waals surface area contributed by atoms with Crippen LogP contribution in [0.2, 0.25) is 0 Å². The third-order valence-electron chi connectivity index (χ3n) is 4.30. The number of benzene rings is 1. The highest BCUT2D eigenvalue weighted by Crippen LogP contribution is 2.24. The topological polar surface area (TPSA) is 38.1 Å². The van der Waals surface area contributed by atoms with Gasteiger partial charge in [-0.2, -0.15) is 0 Å². The number of nitrogens with zero attached hydrogens (tertiary/aromatic N) is 3. The Labute approximate surface area is 131 Å². The van der Waals surface area contributed by atoms with Crippen LogP contribution in [-0.2, 0) is 17.8 Å². The Morgan fingerprint density at radius 2 is 2.05 bits per heavy atom. The van der Waals surface area contributed by atoms with Gasteiger partial charge in [-0.25, -0.2) is 4.98 Å². The molecule has 116 valence electrons. The second-order valence-corrected chi connectivity index (χ2v) is 6.38. The van der Waals surface area contributed by atoms with Crippen LogP contribution in [0.25, 0.3) is 0 Å². The molecule has 1 fully saturated rings. The van der Waals surface area contributed by atoms with Crippen LogP contribution in [0.15, 0.2) is 42.7 Å². The molecule has 2 heterocycles. The van der Waals surface area contributed by atoms with Gasteiger partial charge in [0, 0.05) is 31.4 Å². The molecule has 4 heteroatoms. The molecule has 0 radical (unpaired) electrons. The first-order valence-corrected chi connectivity index (χ1v) is 7.97. The summed E-state index contributed by atoms with van der Waals surface area (Å²) < 4.78 is 2.14. The molecule has 2 aromatic rings. The Balaban J connectivity index is 1.64. The fourth-order valence-corrected chi connectivity index (χ4v) is 3.20. The number of rotatable bonds is 5. The number of likely N-dealkylation sites (tertiary alicyclic amines) is 1. The van der Waals surface area contributed by atoms with E-state index in [0.717, 1.165) is 18.8 Å². The van der Waals surface area contributed by atoms with E-state index in [4.69, 9.17) is 0 Å². The first-order chi connectivity index (χ1) is 10.6. The Hall–Kier alpha value is -2.10. The lowest BCUT2D eigenvalue weighted by molar-refractivity contribution is -0.128. The summed E-state index contributed by atoms with van der Waals surface area (Å²) in [6, 6.07) is 10.8. The fraction of sp³-hybridized carbons (Fsp3) is 0.444. The number of amides is 1. The maximum atomic E-state index is 12.3. The summed E-state index contributed by atoms with van der Waals surface area (Å²) in [6.45, 7) is 5.72. The van der Waals surface area contributed by atoms with Crippen molar-refractivity contribution in [3.63, 3.8) is 0 Å². The summed E-state index contributed by atoms with van der Waals surface area (Å²) >= 11 is 0. The Morgan fingerprint density at radius 1 is 1.27 bits per heavy atom. The number of carbonyl (C=O) groups is 1. The van der Waals surface area contributed by atoms with Crippen LogP contribution >= 0.6 is 0 Å². The zero-order chi connectivity index (χ0) is 15.5. The van der Waals surface area contributed by atoms with Crippen molar-refractivity contribution in [2.75, 3.05) is 6.54 Å². The molecule has 1 atom stereocenters. The van der Waals surface area contributed by atoms with E-state index in [2.05, 4.69) is 47.7 Å². The average Bonchev–Trinajstić information content (AvgIpc) is 3.08. The molecule has 1 aromatic carbocycles. The first-order valence-electron chi connectivity index (χ1n) is 7.97. The van der Waals surface area contributed by atoms with Crippen molar-refractivity contribution >= 4 is 5.91 Å². The van der Waals surface area contributed by atoms with Crippen LogP contribution in [0.1, 0.15) is 37.7 Å². The average molecular weight is 297 g/mol. The van der Waals surface area contributed by atoms with E-state index in [-0.39, 0.29) is 5.91 Å². The van der Waals surface area contributed by atoms with Gasteiger partial charge in [0.1, 0.15) is 5.82 Å². The molecular formula is C18H23N3O. The number of aromatic nitrogens is 2. The molecule has 0 saturated carbocycles. The summed E-state index contributed by atoms with van der Waals surface area (Å²) in [4.78, 5) is 18.6. The largest absolute Gasteiger partial charge is 0.335 e. The van der Waals surface area contributed by atoms with Crippen molar-refractivity contribution in [1.82, 2.24) is 14.5 Å². The Kier molecular flexibility index (Phi) is 4.27. The van der Waals surface area contributed by atoms with Gasteiger partial charge in [-0.15, -0.1) is 0 Å². The van der Waals surface area contributed by atoms with E-state index < -0.39 is 0 Å². The molecule has 0 bridgehead atoms. The fourth-order valence-electron chi connectivity index (χ4n) is 3.20. The second kappa shape index (κ2) is 6.34. The summed E-state index contributed by atoms with van der Waals surface area (Å²) in [5, 5.41) is 0. The third kappa shape index (κ3) is 3.21. The van der Waals surface area contributed by atoms with Crippen LogP contribution < -0.4 is 0 Å². The lowest BCUT2D eigenvalue weighted by Crippen LogP contribution is -2.27. The summed E-state index contributed by atoms with van der Waals surface area (Å²) in [6.07, 6.45) is 5.43. The summed E-state index contributed by atoms with van der Waals surface area (Å²) in [5.41, 5.74) is 1.31. The second-order valence-electron chi connectivity index (χ2n) is 6.38. The zero-order valence-corrected chi connectivity index (χ0v) is 13.3. The van der Waals surface area contributed by atoms with Gasteiger partial charge in [-0.3, -0.25) is 4.79 Å². The van der Waals surface area contributed by atoms with E-state index in [1.54, 1.807) is 0 Å². The SMILES string of the molecule is CC(C)n1ccnc1CN1CC(Cc2ccccc2)CC1=O. The summed E-state index contributed by atoms with van der Waals surface area (Å²) in [7, 11) is 0. The van der Waals surface area contributed by atoms with E-state index in [1.807, 2.05) is 23.4 Å². The monoisotopic (exact) mass is 297 g/mol. The first kappa shape index (κ1) is 14.8. The van der Waals surface area contributed by atoms with Gasteiger partial charge in [0.25, 0.3) is 0 Å². The smallest absolute Gasteiger partial charge is 0.223 e. The lowest BCUT2D eigenvalue weighted by atomic mass is 9.99. The van der Waals surface area contributed by atoms with Gasteiger partial charge in [-0.1, -0.05) is 30.3 Å². The summed E-state index contributed by atoms with van der Waals surface area (Å²) in [5.74, 6) is 1.64. The van der Waals surface area contributed by atoms with E-state index in [9.17, 15) is 4.79 Å². The molecule has 22 heavy (non-hydrogen) atoms. The van der Waals surface area contributed by atoms with Crippen molar-refractivity contribution in [3.05, 3.63) is 54.1 Å². The molecular weight excluding hydrogens is 274 g/mol. The van der Waals surface area contributed by atoms with Crippen LogP contribution in [0.4, 0.5) is 0 Å². The van der Waals surface area contributed by atoms with E-state index in [1.165, 1.54) is 5.56 Å². The van der Waals surface area contributed by atoms with Gasteiger partial charge in [0.15, 0.2) is 0 Å². The molecule has 1 amide bonds. The minimum atomic E-state index is 0.249. The van der Waals surface area contributed by atoms with Crippen molar-refractivity contribution < 1.29 is 4.79 Å². The van der Waals surface area contributed by atoms with E-state index in [0.29, 0.717) is 24.9 Å². The van der Waals surface area contributed by atoms with Gasteiger partial charge >= 0.3 is 0 Å². The van der Waals surface area contributed by atoms with Gasteiger partial charge in [0.2, 0.25) is 5.91 Å². The third-order valence-corrected chi connectivity index (χ3v) is 4.30. The quantitative estimate of drug-likeness (QED) is 0.850. The standard InChI is InChI=1S/C18H23N3O/c1-14(2)21-9-8-19-17(21)13-20-12-16(11-18(20)22)10-15-6-4-3-5-7-15/h3-9,14,16H,10-13H2,1-2H3. The van der Waals surface area contributed by atoms with Gasteiger partial charge in [-0.05, 0) is 31.7 Å². The number of carbonyl (C=O) groups excluding carboxylic acids is 1. The molecule has 0 N–H and O–H groups in total. The molecule has 1 aliphatic rings. The highest BCUT2D eigenvalue weighted by molar-refractivity contribution is 5.78. The minimum absolute atomic E-state index is 0.249. The van der Waals surface area contributed by atoms with Crippen molar-refractivity contribution in [2.45, 2.75) is 39.3 Å². The molecule has 1 saturated heterocycles. The highest BCUT2D eigenvalue weighted by Gasteiger charge is 2.30. The Morgan fingerprint density at radius 3 is 2.77 bits per heavy atom. The molecule has 4 nitrogen and oxygen atoms in total. The predicted octanol–water partition coefficient (Wildman–Crippen LogP) is 3.06. The lowest BCUT2D eigenvalue weighted by Gasteiger charge is -2.19. The molecule has 3 rings (SSSR count). The maximum absolute atomic E-state index is 12.3. The minimum Gasteiger partial charge on any atom is -0.335 e.